The lowest BCUT2D eigenvalue weighted by atomic mass is 10.1. The van der Waals surface area contributed by atoms with E-state index in [0.29, 0.717) is 0 Å². The molecule has 0 aromatic rings. The summed E-state index contributed by atoms with van der Waals surface area (Å²) in [7, 11) is -0.986. The third-order valence-electron chi connectivity index (χ3n) is 2.80. The molecule has 0 aromatic heterocycles. The summed E-state index contributed by atoms with van der Waals surface area (Å²) < 4.78 is 0. The second-order valence-electron chi connectivity index (χ2n) is 3.51. The summed E-state index contributed by atoms with van der Waals surface area (Å²) in [6, 6.07) is 4.35. The lowest BCUT2D eigenvalue weighted by Gasteiger charge is -2.15. The first kappa shape index (κ1) is 5.00. The van der Waals surface area contributed by atoms with E-state index in [9.17, 15) is 0 Å². The number of fused-ring (bicyclic) bond motifs is 2. The summed E-state index contributed by atoms with van der Waals surface area (Å²) in [6.07, 6.45) is 2.95. The maximum Gasteiger partial charge on any atom is 0.123 e. The Hall–Kier alpha value is 0.177. The van der Waals surface area contributed by atoms with Crippen molar-refractivity contribution in [2.45, 2.75) is 31.0 Å². The van der Waals surface area contributed by atoms with Gasteiger partial charge in [-0.2, -0.15) is 0 Å². The molecule has 8 heavy (non-hydrogen) atoms. The van der Waals surface area contributed by atoms with Gasteiger partial charge >= 0.3 is 0 Å². The summed E-state index contributed by atoms with van der Waals surface area (Å²) in [5.41, 5.74) is 0. The lowest BCUT2D eigenvalue weighted by Crippen LogP contribution is -2.39. The van der Waals surface area contributed by atoms with Gasteiger partial charge in [-0.25, -0.2) is 0 Å². The third kappa shape index (κ3) is 0.561. The van der Waals surface area contributed by atoms with E-state index in [-0.39, 0.29) is 0 Å². The summed E-state index contributed by atoms with van der Waals surface area (Å²) >= 11 is 0. The van der Waals surface area contributed by atoms with E-state index in [4.69, 9.17) is 5.40 Å². The van der Waals surface area contributed by atoms with Crippen molar-refractivity contribution < 1.29 is 0 Å². The van der Waals surface area contributed by atoms with E-state index < -0.39 is 8.24 Å². The van der Waals surface area contributed by atoms with Gasteiger partial charge in [-0.15, -0.1) is 0 Å². The highest BCUT2D eigenvalue weighted by molar-refractivity contribution is 6.78. The van der Waals surface area contributed by atoms with E-state index in [1.54, 1.807) is 0 Å². The van der Waals surface area contributed by atoms with Crippen LogP contribution in [0.15, 0.2) is 0 Å². The monoisotopic (exact) mass is 127 g/mol. The molecule has 2 aliphatic heterocycles. The predicted octanol–water partition coefficient (Wildman–Crippen LogP) is 1.31. The van der Waals surface area contributed by atoms with Crippen molar-refractivity contribution in [1.29, 1.82) is 0 Å². The molecule has 0 aromatic carbocycles. The standard InChI is InChI=1S/C6H13NSi/c7-8-3-1-6(5-8)2-4-8/h6H,1-5,7H2. The van der Waals surface area contributed by atoms with Crippen LogP contribution in [0.4, 0.5) is 0 Å². The molecular formula is C6H13NSi. The molecule has 2 heteroatoms. The Morgan fingerprint density at radius 2 is 1.88 bits per heavy atom. The quantitative estimate of drug-likeness (QED) is 0.488. The predicted molar refractivity (Wildman–Crippen MR) is 37.1 cm³/mol. The van der Waals surface area contributed by atoms with Crippen molar-refractivity contribution in [2.24, 2.45) is 11.3 Å². The van der Waals surface area contributed by atoms with Gasteiger partial charge in [-0.3, -0.25) is 0 Å². The summed E-state index contributed by atoms with van der Waals surface area (Å²) in [6.45, 7) is 0. The molecule has 0 radical (unpaired) electrons. The maximum atomic E-state index is 6.14. The van der Waals surface area contributed by atoms with Gasteiger partial charge in [0.1, 0.15) is 8.24 Å². The van der Waals surface area contributed by atoms with Gasteiger partial charge in [-0.1, -0.05) is 12.8 Å². The molecule has 2 rings (SSSR count). The van der Waals surface area contributed by atoms with E-state index in [2.05, 4.69) is 0 Å². The number of hydrogen-bond donors (Lipinski definition) is 1. The van der Waals surface area contributed by atoms with Crippen LogP contribution in [0.1, 0.15) is 12.8 Å². The molecule has 0 spiro atoms. The molecule has 0 atom stereocenters. The molecule has 2 N–H and O–H groups in total. The van der Waals surface area contributed by atoms with Gasteiger partial charge in [0, 0.05) is 0 Å². The second-order valence-corrected chi connectivity index (χ2v) is 7.64. The Labute approximate surface area is 51.4 Å². The molecule has 2 aliphatic rings. The molecule has 46 valence electrons. The largest absolute Gasteiger partial charge is 0.351 e. The Bertz CT molecular complexity index is 105. The second kappa shape index (κ2) is 1.36. The highest BCUT2D eigenvalue weighted by Crippen LogP contribution is 2.44. The van der Waals surface area contributed by atoms with Crippen LogP contribution in [0, 0.1) is 5.92 Å². The van der Waals surface area contributed by atoms with Crippen molar-refractivity contribution in [3.63, 3.8) is 0 Å². The van der Waals surface area contributed by atoms with E-state index in [1.165, 1.54) is 31.0 Å². The molecule has 1 nitrogen and oxygen atoms in total. The van der Waals surface area contributed by atoms with Crippen molar-refractivity contribution >= 4 is 8.24 Å². The average Bonchev–Trinajstić information content (AvgIpc) is 2.21. The zero-order valence-corrected chi connectivity index (χ0v) is 6.19. The zero-order valence-electron chi connectivity index (χ0n) is 5.19. The Morgan fingerprint density at radius 3 is 2.00 bits per heavy atom. The van der Waals surface area contributed by atoms with Gasteiger partial charge < -0.3 is 5.40 Å². The number of nitrogens with two attached hydrogens (primary N) is 1. The third-order valence-corrected chi connectivity index (χ3v) is 6.76. The van der Waals surface area contributed by atoms with Crippen LogP contribution in [0.2, 0.25) is 18.1 Å². The average molecular weight is 127 g/mol. The van der Waals surface area contributed by atoms with Crippen molar-refractivity contribution in [2.75, 3.05) is 0 Å². The topological polar surface area (TPSA) is 26.0 Å². The van der Waals surface area contributed by atoms with Gasteiger partial charge in [0.05, 0.1) is 0 Å². The van der Waals surface area contributed by atoms with Gasteiger partial charge in [0.15, 0.2) is 0 Å². The van der Waals surface area contributed by atoms with Gasteiger partial charge in [0.25, 0.3) is 0 Å². The van der Waals surface area contributed by atoms with Crippen LogP contribution in [0.5, 0.6) is 0 Å². The molecule has 2 heterocycles. The van der Waals surface area contributed by atoms with Crippen LogP contribution in [0.3, 0.4) is 0 Å². The van der Waals surface area contributed by atoms with Crippen LogP contribution in [-0.2, 0) is 0 Å². The molecule has 0 unspecified atom stereocenters. The minimum absolute atomic E-state index is 0.986. The zero-order chi connectivity index (χ0) is 5.61. The molecule has 2 bridgehead atoms. The summed E-state index contributed by atoms with van der Waals surface area (Å²) in [4.78, 5) is 0. The fourth-order valence-electron chi connectivity index (χ4n) is 2.24. The smallest absolute Gasteiger partial charge is 0.123 e. The van der Waals surface area contributed by atoms with Crippen molar-refractivity contribution in [3.8, 4) is 0 Å². The molecule has 0 amide bonds. The van der Waals surface area contributed by atoms with Crippen molar-refractivity contribution in [3.05, 3.63) is 0 Å². The Morgan fingerprint density at radius 1 is 1.25 bits per heavy atom. The SMILES string of the molecule is N[Si]12CCC(CC1)C2. The van der Waals surface area contributed by atoms with E-state index in [1.807, 2.05) is 0 Å². The first-order valence-electron chi connectivity index (χ1n) is 3.57. The fourth-order valence-corrected chi connectivity index (χ4v) is 6.42. The highest BCUT2D eigenvalue weighted by atomic mass is 28.3. The minimum Gasteiger partial charge on any atom is -0.351 e. The van der Waals surface area contributed by atoms with Crippen LogP contribution >= 0.6 is 0 Å². The highest BCUT2D eigenvalue weighted by Gasteiger charge is 2.43. The summed E-state index contributed by atoms with van der Waals surface area (Å²) in [5, 5.41) is 6.14. The van der Waals surface area contributed by atoms with Gasteiger partial charge in [0.2, 0.25) is 0 Å². The molecule has 0 aliphatic carbocycles. The van der Waals surface area contributed by atoms with Crippen molar-refractivity contribution in [1.82, 2.24) is 0 Å². The fraction of sp³-hybridized carbons (Fsp3) is 1.00. The number of rotatable bonds is 0. The van der Waals surface area contributed by atoms with Gasteiger partial charge in [-0.05, 0) is 24.1 Å². The Balaban J connectivity index is 2.19. The first-order valence-corrected chi connectivity index (χ1v) is 6.27. The normalized spacial score (nSPS) is 52.9. The van der Waals surface area contributed by atoms with E-state index >= 15 is 0 Å². The number of hydrogen-bond acceptors (Lipinski definition) is 1. The summed E-state index contributed by atoms with van der Waals surface area (Å²) in [5.74, 6) is 1.08. The minimum atomic E-state index is -0.986. The molecule has 0 saturated carbocycles. The molecule has 2 fully saturated rings. The maximum absolute atomic E-state index is 6.14. The van der Waals surface area contributed by atoms with Crippen LogP contribution in [0.25, 0.3) is 0 Å². The molecule has 2 saturated heterocycles. The Kier molecular flexibility index (Phi) is 0.852. The van der Waals surface area contributed by atoms with Crippen LogP contribution < -0.4 is 5.40 Å². The first-order chi connectivity index (χ1) is 3.79. The lowest BCUT2D eigenvalue weighted by molar-refractivity contribution is 0.576. The van der Waals surface area contributed by atoms with E-state index in [0.717, 1.165) is 5.92 Å². The van der Waals surface area contributed by atoms with Crippen LogP contribution in [-0.4, -0.2) is 8.24 Å². The molecular weight excluding hydrogens is 114 g/mol.